The van der Waals surface area contributed by atoms with Crippen molar-refractivity contribution in [3.8, 4) is 0 Å². The second kappa shape index (κ2) is 7.24. The zero-order chi connectivity index (χ0) is 15.4. The molecule has 2 atom stereocenters. The van der Waals surface area contributed by atoms with Gasteiger partial charge in [0.25, 0.3) is 5.91 Å². The van der Waals surface area contributed by atoms with Crippen LogP contribution in [0.3, 0.4) is 0 Å². The lowest BCUT2D eigenvalue weighted by molar-refractivity contribution is -0.0819. The van der Waals surface area contributed by atoms with E-state index in [1.54, 1.807) is 0 Å². The van der Waals surface area contributed by atoms with Crippen LogP contribution < -0.4 is 5.32 Å². The molecule has 22 heavy (non-hydrogen) atoms. The minimum Gasteiger partial charge on any atom is -0.448 e. The van der Waals surface area contributed by atoms with Crippen LogP contribution in [0.5, 0.6) is 0 Å². The number of amides is 1. The molecular weight excluding hydrogens is 284 g/mol. The Labute approximate surface area is 130 Å². The fourth-order valence-corrected chi connectivity index (χ4v) is 2.90. The third-order valence-electron chi connectivity index (χ3n) is 4.57. The van der Waals surface area contributed by atoms with Gasteiger partial charge in [0.15, 0.2) is 12.1 Å². The molecule has 6 heteroatoms. The van der Waals surface area contributed by atoms with Crippen molar-refractivity contribution in [1.82, 2.24) is 10.3 Å². The number of oxazole rings is 1. The molecule has 1 N–H and O–H groups in total. The Morgan fingerprint density at radius 1 is 1.45 bits per heavy atom. The molecule has 1 aliphatic heterocycles. The average Bonchev–Trinajstić information content (AvgIpc) is 2.96. The van der Waals surface area contributed by atoms with Crippen molar-refractivity contribution in [2.75, 3.05) is 19.8 Å². The van der Waals surface area contributed by atoms with Crippen LogP contribution in [-0.4, -0.2) is 42.9 Å². The minimum atomic E-state index is -0.185. The molecule has 3 rings (SSSR count). The van der Waals surface area contributed by atoms with E-state index in [1.807, 2.05) is 6.92 Å². The molecule has 1 aromatic rings. The van der Waals surface area contributed by atoms with Crippen LogP contribution in [0.4, 0.5) is 0 Å². The number of aryl methyl sites for hydroxylation is 1. The average molecular weight is 308 g/mol. The van der Waals surface area contributed by atoms with E-state index in [1.165, 1.54) is 25.7 Å². The smallest absolute Gasteiger partial charge is 0.273 e. The highest BCUT2D eigenvalue weighted by Gasteiger charge is 2.30. The summed E-state index contributed by atoms with van der Waals surface area (Å²) >= 11 is 0. The summed E-state index contributed by atoms with van der Waals surface area (Å²) in [5, 5.41) is 3.04. The summed E-state index contributed by atoms with van der Waals surface area (Å²) in [4.78, 5) is 16.4. The predicted molar refractivity (Wildman–Crippen MR) is 79.7 cm³/mol. The van der Waals surface area contributed by atoms with Gasteiger partial charge < -0.3 is 19.2 Å². The van der Waals surface area contributed by atoms with Crippen molar-refractivity contribution in [2.24, 2.45) is 5.92 Å². The number of hydrogen-bond donors (Lipinski definition) is 1. The first-order chi connectivity index (χ1) is 10.8. The van der Waals surface area contributed by atoms with E-state index in [0.717, 1.165) is 13.0 Å². The van der Waals surface area contributed by atoms with Crippen molar-refractivity contribution in [3.63, 3.8) is 0 Å². The molecule has 2 heterocycles. The Balaban J connectivity index is 1.57. The third-order valence-corrected chi connectivity index (χ3v) is 4.57. The third kappa shape index (κ3) is 3.50. The van der Waals surface area contributed by atoms with Crippen LogP contribution in [0.25, 0.3) is 0 Å². The van der Waals surface area contributed by atoms with Gasteiger partial charge >= 0.3 is 0 Å². The molecule has 0 spiro atoms. The van der Waals surface area contributed by atoms with Crippen molar-refractivity contribution >= 4 is 5.91 Å². The van der Waals surface area contributed by atoms with Gasteiger partial charge in [0, 0.05) is 19.6 Å². The minimum absolute atomic E-state index is 0.0252. The highest BCUT2D eigenvalue weighted by atomic mass is 16.5. The quantitative estimate of drug-likeness (QED) is 0.869. The van der Waals surface area contributed by atoms with Crippen LogP contribution in [0.2, 0.25) is 0 Å². The molecule has 1 amide bonds. The number of carbonyl (C=O) groups is 1. The van der Waals surface area contributed by atoms with Gasteiger partial charge in [-0.15, -0.1) is 0 Å². The summed E-state index contributed by atoms with van der Waals surface area (Å²) < 4.78 is 16.7. The van der Waals surface area contributed by atoms with Crippen LogP contribution in [0, 0.1) is 5.92 Å². The monoisotopic (exact) mass is 308 g/mol. The second-order valence-electron chi connectivity index (χ2n) is 6.09. The number of nitrogens with zero attached hydrogens (tertiary/aromatic N) is 1. The van der Waals surface area contributed by atoms with Gasteiger partial charge in [0.05, 0.1) is 12.6 Å². The summed E-state index contributed by atoms with van der Waals surface area (Å²) in [7, 11) is 0. The lowest BCUT2D eigenvalue weighted by atomic mass is 9.86. The number of hydrogen-bond acceptors (Lipinski definition) is 5. The van der Waals surface area contributed by atoms with Gasteiger partial charge in [-0.2, -0.15) is 0 Å². The normalized spacial score (nSPS) is 25.7. The summed E-state index contributed by atoms with van der Waals surface area (Å²) in [5.41, 5.74) is 0.381. The van der Waals surface area contributed by atoms with E-state index in [9.17, 15) is 4.79 Å². The fraction of sp³-hybridized carbons (Fsp3) is 0.750. The Bertz CT molecular complexity index is 498. The standard InChI is InChI=1S/C16H24N2O4/c1-2-13-15(17-10-22-13)16(19)18-12-6-7-20-9-14(12)21-8-11-4-3-5-11/h10-12,14H,2-9H2,1H3,(H,18,19)/t12-,14-/m0/s1. The Morgan fingerprint density at radius 2 is 2.32 bits per heavy atom. The van der Waals surface area contributed by atoms with Crippen molar-refractivity contribution in [1.29, 1.82) is 0 Å². The van der Waals surface area contributed by atoms with Crippen LogP contribution in [0.15, 0.2) is 10.8 Å². The van der Waals surface area contributed by atoms with Gasteiger partial charge in [-0.25, -0.2) is 4.98 Å². The van der Waals surface area contributed by atoms with Crippen molar-refractivity contribution in [3.05, 3.63) is 17.8 Å². The highest BCUT2D eigenvalue weighted by Crippen LogP contribution is 2.27. The molecule has 1 saturated heterocycles. The number of ether oxygens (including phenoxy) is 2. The molecule has 2 fully saturated rings. The molecule has 6 nitrogen and oxygen atoms in total. The lowest BCUT2D eigenvalue weighted by Crippen LogP contribution is -2.50. The molecule has 1 saturated carbocycles. The van der Waals surface area contributed by atoms with Gasteiger partial charge in [-0.3, -0.25) is 4.79 Å². The van der Waals surface area contributed by atoms with Crippen LogP contribution in [0.1, 0.15) is 48.9 Å². The van der Waals surface area contributed by atoms with E-state index in [4.69, 9.17) is 13.9 Å². The Hall–Kier alpha value is -1.40. The first-order valence-electron chi connectivity index (χ1n) is 8.20. The van der Waals surface area contributed by atoms with Gasteiger partial charge in [0.1, 0.15) is 11.9 Å². The van der Waals surface area contributed by atoms with Crippen molar-refractivity contribution in [2.45, 2.75) is 51.2 Å². The Kier molecular flexibility index (Phi) is 5.10. The number of aromatic nitrogens is 1. The van der Waals surface area contributed by atoms with Crippen LogP contribution in [-0.2, 0) is 15.9 Å². The largest absolute Gasteiger partial charge is 0.448 e. The topological polar surface area (TPSA) is 73.6 Å². The van der Waals surface area contributed by atoms with E-state index < -0.39 is 0 Å². The summed E-state index contributed by atoms with van der Waals surface area (Å²) in [5.74, 6) is 1.12. The molecule has 0 unspecified atom stereocenters. The first-order valence-corrected chi connectivity index (χ1v) is 8.20. The maximum absolute atomic E-state index is 12.4. The zero-order valence-electron chi connectivity index (χ0n) is 13.0. The predicted octanol–water partition coefficient (Wildman–Crippen LogP) is 1.94. The molecule has 122 valence electrons. The number of carbonyl (C=O) groups excluding carboxylic acids is 1. The molecule has 2 aliphatic rings. The van der Waals surface area contributed by atoms with Crippen molar-refractivity contribution < 1.29 is 18.7 Å². The number of rotatable bonds is 6. The molecule has 0 radical (unpaired) electrons. The van der Waals surface area contributed by atoms with Gasteiger partial charge in [0.2, 0.25) is 0 Å². The molecule has 1 aliphatic carbocycles. The van der Waals surface area contributed by atoms with E-state index in [0.29, 0.717) is 37.0 Å². The lowest BCUT2D eigenvalue weighted by Gasteiger charge is -2.34. The Morgan fingerprint density at radius 3 is 3.05 bits per heavy atom. The molecule has 1 aromatic heterocycles. The summed E-state index contributed by atoms with van der Waals surface area (Å²) in [6, 6.07) is -0.0252. The van der Waals surface area contributed by atoms with E-state index in [2.05, 4.69) is 10.3 Å². The second-order valence-corrected chi connectivity index (χ2v) is 6.09. The molecular formula is C16H24N2O4. The van der Waals surface area contributed by atoms with Gasteiger partial charge in [-0.1, -0.05) is 13.3 Å². The summed E-state index contributed by atoms with van der Waals surface area (Å²) in [6.07, 6.45) is 6.48. The first kappa shape index (κ1) is 15.5. The van der Waals surface area contributed by atoms with Crippen LogP contribution >= 0.6 is 0 Å². The maximum atomic E-state index is 12.4. The van der Waals surface area contributed by atoms with E-state index in [-0.39, 0.29) is 18.1 Å². The zero-order valence-corrected chi connectivity index (χ0v) is 13.0. The fourth-order valence-electron chi connectivity index (χ4n) is 2.90. The SMILES string of the molecule is CCc1ocnc1C(=O)N[C@H]1CCOC[C@@H]1OCC1CCC1. The molecule has 0 bridgehead atoms. The van der Waals surface area contributed by atoms with Gasteiger partial charge in [-0.05, 0) is 25.2 Å². The molecule has 0 aromatic carbocycles. The number of nitrogens with one attached hydrogen (secondary N) is 1. The van der Waals surface area contributed by atoms with E-state index >= 15 is 0 Å². The highest BCUT2D eigenvalue weighted by molar-refractivity contribution is 5.93. The maximum Gasteiger partial charge on any atom is 0.273 e. The summed E-state index contributed by atoms with van der Waals surface area (Å²) in [6.45, 7) is 3.89.